The number of hydrogen-bond donors (Lipinski definition) is 0. The molecule has 10 rings (SSSR count). The van der Waals surface area contributed by atoms with Crippen molar-refractivity contribution in [3.8, 4) is 28.3 Å². The fourth-order valence-electron chi connectivity index (χ4n) is 8.75. The predicted molar refractivity (Wildman–Crippen MR) is 227 cm³/mol. The van der Waals surface area contributed by atoms with Crippen molar-refractivity contribution in [2.75, 3.05) is 0 Å². The minimum absolute atomic E-state index is 0.0697. The molecule has 2 aliphatic heterocycles. The van der Waals surface area contributed by atoms with E-state index in [4.69, 9.17) is 0 Å². The fraction of sp³-hybridized carbons (Fsp3) is 0.122. The molecule has 0 spiro atoms. The molecule has 2 heterocycles. The molecule has 1 unspecified atom stereocenters. The van der Waals surface area contributed by atoms with Gasteiger partial charge in [-0.05, 0) is 115 Å². The van der Waals surface area contributed by atoms with Crippen molar-refractivity contribution in [2.45, 2.75) is 58.1 Å². The molecule has 0 bridgehead atoms. The molecule has 0 aromatic heterocycles. The van der Waals surface area contributed by atoms with E-state index in [1.54, 1.807) is 0 Å². The Kier molecular flexibility index (Phi) is 7.62. The van der Waals surface area contributed by atoms with Gasteiger partial charge in [-0.3, -0.25) is 0 Å². The second kappa shape index (κ2) is 12.4. The monoisotopic (exact) mass is 713 g/mol. The van der Waals surface area contributed by atoms with Crippen LogP contribution in [-0.2, 0) is 5.41 Å². The third-order valence-electron chi connectivity index (χ3n) is 11.3. The summed E-state index contributed by atoms with van der Waals surface area (Å²) >= 11 is 3.78. The molecule has 7 aromatic carbocycles. The molecular formula is C49H36BNS2. The van der Waals surface area contributed by atoms with Crippen LogP contribution >= 0.6 is 23.5 Å². The van der Waals surface area contributed by atoms with E-state index in [2.05, 4.69) is 172 Å². The van der Waals surface area contributed by atoms with Crippen molar-refractivity contribution in [1.82, 2.24) is 0 Å². The van der Waals surface area contributed by atoms with Crippen LogP contribution in [0.4, 0.5) is 0 Å². The molecule has 1 aliphatic carbocycles. The molecule has 0 N–H and O–H groups in total. The zero-order valence-corrected chi connectivity index (χ0v) is 31.6. The van der Waals surface area contributed by atoms with E-state index in [0.29, 0.717) is 11.5 Å². The smallest absolute Gasteiger partial charge is 0.192 e. The van der Waals surface area contributed by atoms with Gasteiger partial charge in [-0.2, -0.15) is 5.26 Å². The fourth-order valence-corrected chi connectivity index (χ4v) is 11.2. The number of nitrogens with zero attached hydrogens (tertiary/aromatic N) is 1. The lowest BCUT2D eigenvalue weighted by Gasteiger charge is -2.34. The van der Waals surface area contributed by atoms with E-state index >= 15 is 0 Å². The van der Waals surface area contributed by atoms with Gasteiger partial charge in [-0.25, -0.2) is 0 Å². The van der Waals surface area contributed by atoms with Gasteiger partial charge in [-0.15, -0.1) is 0 Å². The van der Waals surface area contributed by atoms with Gasteiger partial charge in [0, 0.05) is 25.5 Å². The second-order valence-corrected chi connectivity index (χ2v) is 17.7. The standard InChI is InChI=1S/C49H36BNS2/c1-49(2,3)35-21-22-43-41(28-35)50-40-19-11-12-20-42(40)52-44-26-33(27-45(53-43)48(44)50)32-23-30(29-51)24-34(25-32)47-38-17-9-7-15-36(38)46(31-13-5-4-6-14-31)37-16-8-10-18-39(37)47/h4-13,15-28,31H,14H2,1-3H3. The van der Waals surface area contributed by atoms with Crippen LogP contribution in [0.5, 0.6) is 0 Å². The van der Waals surface area contributed by atoms with E-state index in [1.807, 2.05) is 23.5 Å². The van der Waals surface area contributed by atoms with E-state index < -0.39 is 0 Å². The van der Waals surface area contributed by atoms with E-state index in [9.17, 15) is 5.26 Å². The van der Waals surface area contributed by atoms with Crippen LogP contribution in [0.3, 0.4) is 0 Å². The Balaban J connectivity index is 1.18. The average Bonchev–Trinajstić information content (AvgIpc) is 3.19. The number of fused-ring (bicyclic) bond motifs is 6. The highest BCUT2D eigenvalue weighted by atomic mass is 32.2. The highest BCUT2D eigenvalue weighted by Gasteiger charge is 2.39. The van der Waals surface area contributed by atoms with Crippen molar-refractivity contribution < 1.29 is 0 Å². The Morgan fingerprint density at radius 3 is 1.91 bits per heavy atom. The lowest BCUT2D eigenvalue weighted by atomic mass is 9.36. The quantitative estimate of drug-likeness (QED) is 0.135. The summed E-state index contributed by atoms with van der Waals surface area (Å²) in [5.74, 6) is 0.312. The maximum absolute atomic E-state index is 10.5. The van der Waals surface area contributed by atoms with Gasteiger partial charge in [0.05, 0.1) is 11.6 Å². The van der Waals surface area contributed by atoms with Crippen molar-refractivity contribution in [3.05, 3.63) is 162 Å². The molecule has 0 saturated heterocycles. The van der Waals surface area contributed by atoms with Gasteiger partial charge in [0.15, 0.2) is 0 Å². The minimum atomic E-state index is 0.0697. The molecule has 4 heteroatoms. The highest BCUT2D eigenvalue weighted by Crippen LogP contribution is 2.46. The lowest BCUT2D eigenvalue weighted by Crippen LogP contribution is -2.58. The predicted octanol–water partition coefficient (Wildman–Crippen LogP) is 11.5. The first-order chi connectivity index (χ1) is 25.9. The van der Waals surface area contributed by atoms with Crippen LogP contribution in [0.2, 0.25) is 0 Å². The van der Waals surface area contributed by atoms with Crippen molar-refractivity contribution in [1.29, 1.82) is 5.26 Å². The number of hydrogen-bond acceptors (Lipinski definition) is 3. The van der Waals surface area contributed by atoms with E-state index in [-0.39, 0.29) is 12.1 Å². The number of nitriles is 1. The Bertz CT molecular complexity index is 2700. The molecule has 3 aliphatic rings. The van der Waals surface area contributed by atoms with E-state index in [0.717, 1.165) is 23.1 Å². The molecule has 0 radical (unpaired) electrons. The van der Waals surface area contributed by atoms with Crippen molar-refractivity contribution in [3.63, 3.8) is 0 Å². The zero-order valence-electron chi connectivity index (χ0n) is 30.0. The maximum Gasteiger partial charge on any atom is 0.247 e. The molecule has 1 nitrogen and oxygen atoms in total. The summed E-state index contributed by atoms with van der Waals surface area (Å²) in [6.07, 6.45) is 9.93. The van der Waals surface area contributed by atoms with Crippen LogP contribution in [-0.4, -0.2) is 6.71 Å². The number of benzene rings is 7. The van der Waals surface area contributed by atoms with Crippen LogP contribution in [0.1, 0.15) is 49.8 Å². The normalized spacial score (nSPS) is 15.6. The minimum Gasteiger partial charge on any atom is -0.192 e. The van der Waals surface area contributed by atoms with Crippen molar-refractivity contribution in [2.24, 2.45) is 0 Å². The summed E-state index contributed by atoms with van der Waals surface area (Å²) in [6, 6.07) is 47.5. The Morgan fingerprint density at radius 2 is 1.25 bits per heavy atom. The molecule has 53 heavy (non-hydrogen) atoms. The summed E-state index contributed by atoms with van der Waals surface area (Å²) < 4.78 is 0. The van der Waals surface area contributed by atoms with Crippen LogP contribution in [0.15, 0.2) is 165 Å². The number of rotatable bonds is 3. The first kappa shape index (κ1) is 32.4. The van der Waals surface area contributed by atoms with Gasteiger partial charge >= 0.3 is 0 Å². The average molecular weight is 714 g/mol. The molecule has 0 amide bonds. The summed E-state index contributed by atoms with van der Waals surface area (Å²) in [4.78, 5) is 5.26. The molecule has 7 aromatic rings. The SMILES string of the molecule is CC(C)(C)c1ccc2c(c1)B1c3ccccc3Sc3cc(-c4cc(C#N)cc(-c5c6ccccc6c(C6C=CC=CC6)c6ccccc56)c4)cc(c31)S2. The van der Waals surface area contributed by atoms with E-state index in [1.165, 1.54) is 74.2 Å². The summed E-state index contributed by atoms with van der Waals surface area (Å²) in [6.45, 7) is 7.10. The van der Waals surface area contributed by atoms with Crippen LogP contribution in [0, 0.1) is 11.3 Å². The Hall–Kier alpha value is -5.21. The third kappa shape index (κ3) is 5.32. The van der Waals surface area contributed by atoms with Gasteiger partial charge in [0.25, 0.3) is 0 Å². The summed E-state index contributed by atoms with van der Waals surface area (Å²) in [5, 5.41) is 15.5. The first-order valence-electron chi connectivity index (χ1n) is 18.5. The molecule has 1 atom stereocenters. The zero-order chi connectivity index (χ0) is 35.8. The molecule has 0 fully saturated rings. The van der Waals surface area contributed by atoms with Crippen LogP contribution < -0.4 is 16.4 Å². The van der Waals surface area contributed by atoms with Crippen molar-refractivity contribution >= 4 is 68.2 Å². The number of allylic oxidation sites excluding steroid dienone is 4. The highest BCUT2D eigenvalue weighted by molar-refractivity contribution is 8.01. The van der Waals surface area contributed by atoms with Gasteiger partial charge in [-0.1, -0.05) is 158 Å². The summed E-state index contributed by atoms with van der Waals surface area (Å²) in [7, 11) is 0. The third-order valence-corrected chi connectivity index (χ3v) is 13.6. The largest absolute Gasteiger partial charge is 0.247 e. The van der Waals surface area contributed by atoms with Gasteiger partial charge < -0.3 is 0 Å². The van der Waals surface area contributed by atoms with Gasteiger partial charge in [0.2, 0.25) is 6.71 Å². The molecule has 252 valence electrons. The summed E-state index contributed by atoms with van der Waals surface area (Å²) in [5.41, 5.74) is 12.2. The first-order valence-corrected chi connectivity index (χ1v) is 20.1. The Labute approximate surface area is 320 Å². The maximum atomic E-state index is 10.5. The van der Waals surface area contributed by atoms with Gasteiger partial charge in [0.1, 0.15) is 0 Å². The topological polar surface area (TPSA) is 23.8 Å². The molecule has 0 saturated carbocycles. The molecular weight excluding hydrogens is 677 g/mol. The lowest BCUT2D eigenvalue weighted by molar-refractivity contribution is 0.590. The Morgan fingerprint density at radius 1 is 0.623 bits per heavy atom. The van der Waals surface area contributed by atoms with Crippen LogP contribution in [0.25, 0.3) is 43.8 Å². The second-order valence-electron chi connectivity index (χ2n) is 15.5.